The van der Waals surface area contributed by atoms with Gasteiger partial charge < -0.3 is 14.5 Å². The number of benzene rings is 2. The maximum absolute atomic E-state index is 13.3. The van der Waals surface area contributed by atoms with Crippen molar-refractivity contribution in [1.82, 2.24) is 9.55 Å². The maximum Gasteiger partial charge on any atom is 0.182 e. The monoisotopic (exact) mass is 304 g/mol. The van der Waals surface area contributed by atoms with Crippen molar-refractivity contribution < 1.29 is 13.9 Å². The van der Waals surface area contributed by atoms with Crippen molar-refractivity contribution in [2.24, 2.45) is 0 Å². The summed E-state index contributed by atoms with van der Waals surface area (Å²) in [4.78, 5) is 3.00. The number of halogens is 1. The van der Waals surface area contributed by atoms with Gasteiger partial charge in [-0.3, -0.25) is 4.57 Å². The third-order valence-electron chi connectivity index (χ3n) is 3.24. The number of H-pyrrole nitrogens is 1. The molecule has 0 fully saturated rings. The van der Waals surface area contributed by atoms with Gasteiger partial charge in [0.25, 0.3) is 0 Å². The maximum atomic E-state index is 13.3. The molecule has 0 bridgehead atoms. The highest BCUT2D eigenvalue weighted by Crippen LogP contribution is 2.28. The zero-order valence-corrected chi connectivity index (χ0v) is 12.3. The highest BCUT2D eigenvalue weighted by atomic mass is 32.1. The molecule has 0 spiro atoms. The Morgan fingerprint density at radius 1 is 1.05 bits per heavy atom. The first-order valence-electron chi connectivity index (χ1n) is 6.26. The van der Waals surface area contributed by atoms with Crippen molar-refractivity contribution in [2.75, 3.05) is 14.2 Å². The van der Waals surface area contributed by atoms with E-state index in [4.69, 9.17) is 21.7 Å². The molecular weight excluding hydrogens is 291 g/mol. The fourth-order valence-electron chi connectivity index (χ4n) is 2.26. The van der Waals surface area contributed by atoms with Gasteiger partial charge in [0.15, 0.2) is 4.77 Å². The van der Waals surface area contributed by atoms with Crippen LogP contribution in [0.5, 0.6) is 11.5 Å². The van der Waals surface area contributed by atoms with Crippen LogP contribution in [-0.2, 0) is 0 Å². The third-order valence-corrected chi connectivity index (χ3v) is 3.52. The van der Waals surface area contributed by atoms with Gasteiger partial charge in [0, 0.05) is 18.2 Å². The molecule has 3 aromatic rings. The molecule has 0 saturated heterocycles. The second-order valence-corrected chi connectivity index (χ2v) is 4.88. The minimum absolute atomic E-state index is 0.311. The van der Waals surface area contributed by atoms with E-state index in [-0.39, 0.29) is 5.82 Å². The van der Waals surface area contributed by atoms with Crippen molar-refractivity contribution in [3.05, 3.63) is 47.0 Å². The molecule has 1 heterocycles. The molecular formula is C15H13FN2O2S. The lowest BCUT2D eigenvalue weighted by molar-refractivity contribution is 0.394. The molecule has 0 unspecified atom stereocenters. The van der Waals surface area contributed by atoms with Crippen LogP contribution in [0, 0.1) is 10.6 Å². The highest BCUT2D eigenvalue weighted by Gasteiger charge is 2.10. The molecule has 0 radical (unpaired) electrons. The summed E-state index contributed by atoms with van der Waals surface area (Å²) in [7, 11) is 3.17. The van der Waals surface area contributed by atoms with Crippen LogP contribution in [0.25, 0.3) is 16.7 Å². The Hall–Kier alpha value is -2.34. The minimum atomic E-state index is -0.311. The standard InChI is InChI=1S/C15H13FN2O2S/c1-19-11-6-10(7-12(8-11)20-2)18-14-4-3-9(16)5-13(14)17-15(18)21/h3-8H,1-2H3,(H,17,21). The van der Waals surface area contributed by atoms with Crippen molar-refractivity contribution in [2.45, 2.75) is 0 Å². The summed E-state index contributed by atoms with van der Waals surface area (Å²) in [5, 5.41) is 0. The van der Waals surface area contributed by atoms with Crippen molar-refractivity contribution in [1.29, 1.82) is 0 Å². The minimum Gasteiger partial charge on any atom is -0.497 e. The summed E-state index contributed by atoms with van der Waals surface area (Å²) in [6.45, 7) is 0. The van der Waals surface area contributed by atoms with Gasteiger partial charge in [-0.25, -0.2) is 4.39 Å². The fourth-order valence-corrected chi connectivity index (χ4v) is 2.58. The zero-order valence-electron chi connectivity index (χ0n) is 11.5. The van der Waals surface area contributed by atoms with Crippen LogP contribution in [0.1, 0.15) is 0 Å². The summed E-state index contributed by atoms with van der Waals surface area (Å²) in [5.41, 5.74) is 2.22. The van der Waals surface area contributed by atoms with Gasteiger partial charge in [-0.2, -0.15) is 0 Å². The van der Waals surface area contributed by atoms with Crippen molar-refractivity contribution in [3.8, 4) is 17.2 Å². The quantitative estimate of drug-likeness (QED) is 0.747. The van der Waals surface area contributed by atoms with Gasteiger partial charge >= 0.3 is 0 Å². The van der Waals surface area contributed by atoms with Crippen LogP contribution in [0.3, 0.4) is 0 Å². The Balaban J connectivity index is 2.29. The average Bonchev–Trinajstić information content (AvgIpc) is 2.81. The second-order valence-electron chi connectivity index (χ2n) is 4.50. The van der Waals surface area contributed by atoms with Crippen LogP contribution in [0.15, 0.2) is 36.4 Å². The number of hydrogen-bond acceptors (Lipinski definition) is 3. The van der Waals surface area contributed by atoms with Gasteiger partial charge in [0.2, 0.25) is 0 Å². The fraction of sp³-hybridized carbons (Fsp3) is 0.133. The molecule has 0 aliphatic heterocycles. The summed E-state index contributed by atoms with van der Waals surface area (Å²) < 4.78 is 26.1. The van der Waals surface area contributed by atoms with Crippen molar-refractivity contribution >= 4 is 23.3 Å². The lowest BCUT2D eigenvalue weighted by Crippen LogP contribution is -1.96. The highest BCUT2D eigenvalue weighted by molar-refractivity contribution is 7.71. The molecule has 108 valence electrons. The number of nitrogens with zero attached hydrogens (tertiary/aromatic N) is 1. The van der Waals surface area contributed by atoms with Gasteiger partial charge in [0.1, 0.15) is 17.3 Å². The van der Waals surface area contributed by atoms with Gasteiger partial charge in [0.05, 0.1) is 30.9 Å². The number of fused-ring (bicyclic) bond motifs is 1. The molecule has 1 N–H and O–H groups in total. The van der Waals surface area contributed by atoms with Crippen LogP contribution in [0.2, 0.25) is 0 Å². The lowest BCUT2D eigenvalue weighted by Gasteiger charge is -2.10. The molecule has 0 aliphatic carbocycles. The molecule has 3 rings (SSSR count). The summed E-state index contributed by atoms with van der Waals surface area (Å²) in [5.74, 6) is 1.000. The number of methoxy groups -OCH3 is 2. The lowest BCUT2D eigenvalue weighted by atomic mass is 10.2. The Labute approximate surface area is 125 Å². The van der Waals surface area contributed by atoms with E-state index in [1.807, 2.05) is 16.7 Å². The molecule has 1 aromatic heterocycles. The number of aromatic amines is 1. The molecule has 2 aromatic carbocycles. The zero-order chi connectivity index (χ0) is 15.0. The molecule has 0 aliphatic rings. The Bertz CT molecular complexity index is 847. The number of hydrogen-bond donors (Lipinski definition) is 1. The number of nitrogens with one attached hydrogen (secondary N) is 1. The van der Waals surface area contributed by atoms with Crippen LogP contribution in [-0.4, -0.2) is 23.8 Å². The molecule has 0 saturated carbocycles. The number of aromatic nitrogens is 2. The summed E-state index contributed by atoms with van der Waals surface area (Å²) in [6.07, 6.45) is 0. The molecule has 21 heavy (non-hydrogen) atoms. The van der Waals surface area contributed by atoms with E-state index in [9.17, 15) is 4.39 Å². The van der Waals surface area contributed by atoms with E-state index in [2.05, 4.69) is 4.98 Å². The first kappa shape index (κ1) is 13.6. The predicted molar refractivity (Wildman–Crippen MR) is 81.5 cm³/mol. The SMILES string of the molecule is COc1cc(OC)cc(-n2c(=S)[nH]c3cc(F)ccc32)c1. The molecule has 6 heteroatoms. The number of ether oxygens (including phenoxy) is 2. The van der Waals surface area contributed by atoms with Crippen LogP contribution >= 0.6 is 12.2 Å². The summed E-state index contributed by atoms with van der Waals surface area (Å²) >= 11 is 5.34. The van der Waals surface area contributed by atoms with E-state index in [1.54, 1.807) is 26.4 Å². The number of rotatable bonds is 3. The Morgan fingerprint density at radius 2 is 1.71 bits per heavy atom. The second kappa shape index (κ2) is 5.21. The van der Waals surface area contributed by atoms with Gasteiger partial charge in [-0.15, -0.1) is 0 Å². The van der Waals surface area contributed by atoms with E-state index in [0.717, 1.165) is 11.2 Å². The van der Waals surface area contributed by atoms with Crippen molar-refractivity contribution in [3.63, 3.8) is 0 Å². The molecule has 0 amide bonds. The van der Waals surface area contributed by atoms with Gasteiger partial charge in [-0.1, -0.05) is 0 Å². The van der Waals surface area contributed by atoms with E-state index in [1.165, 1.54) is 12.1 Å². The third kappa shape index (κ3) is 2.38. The Kier molecular flexibility index (Phi) is 3.39. The van der Waals surface area contributed by atoms with E-state index < -0.39 is 0 Å². The Morgan fingerprint density at radius 3 is 2.33 bits per heavy atom. The smallest absolute Gasteiger partial charge is 0.182 e. The van der Waals surface area contributed by atoms with E-state index in [0.29, 0.717) is 21.8 Å². The summed E-state index contributed by atoms with van der Waals surface area (Å²) in [6, 6.07) is 9.96. The normalized spacial score (nSPS) is 10.8. The number of imidazole rings is 1. The molecule has 0 atom stereocenters. The predicted octanol–water partition coefficient (Wildman–Crippen LogP) is 3.84. The van der Waals surface area contributed by atoms with Gasteiger partial charge in [-0.05, 0) is 30.4 Å². The largest absolute Gasteiger partial charge is 0.497 e. The van der Waals surface area contributed by atoms with Crippen LogP contribution < -0.4 is 9.47 Å². The average molecular weight is 304 g/mol. The topological polar surface area (TPSA) is 39.2 Å². The van der Waals surface area contributed by atoms with E-state index >= 15 is 0 Å². The first-order chi connectivity index (χ1) is 10.1. The first-order valence-corrected chi connectivity index (χ1v) is 6.67. The van der Waals surface area contributed by atoms with Crippen LogP contribution in [0.4, 0.5) is 4.39 Å². The molecule has 4 nitrogen and oxygen atoms in total.